The maximum absolute atomic E-state index is 11.1. The molecule has 0 aliphatic rings. The molecule has 1 aromatic carbocycles. The maximum atomic E-state index is 11.1. The Hall–Kier alpha value is -2.41. The Morgan fingerprint density at radius 3 is 2.85 bits per heavy atom. The van der Waals surface area contributed by atoms with E-state index >= 15 is 0 Å². The number of nitrogens with two attached hydrogens (primary N) is 1. The highest BCUT2D eigenvalue weighted by Crippen LogP contribution is 2.38. The number of nitro groups is 1. The van der Waals surface area contributed by atoms with E-state index in [1.54, 1.807) is 0 Å². The second kappa shape index (κ2) is 5.70. The van der Waals surface area contributed by atoms with Crippen LogP contribution in [0.5, 0.6) is 11.5 Å². The molecule has 0 fully saturated rings. The number of hydrogen-bond acceptors (Lipinski definition) is 6. The van der Waals surface area contributed by atoms with Crippen molar-refractivity contribution in [3.63, 3.8) is 0 Å². The third-order valence-electron chi connectivity index (χ3n) is 2.37. The molecule has 100 valence electrons. The van der Waals surface area contributed by atoms with Crippen molar-refractivity contribution in [3.8, 4) is 17.6 Å². The molecule has 2 rings (SSSR count). The van der Waals surface area contributed by atoms with E-state index in [1.807, 2.05) is 28.7 Å². The van der Waals surface area contributed by atoms with Crippen LogP contribution in [0.4, 0.5) is 11.4 Å². The average molecular weight is 382 g/mol. The highest BCUT2D eigenvalue weighted by Gasteiger charge is 2.21. The van der Waals surface area contributed by atoms with Crippen LogP contribution in [0.15, 0.2) is 30.6 Å². The van der Waals surface area contributed by atoms with Crippen LogP contribution < -0.4 is 10.5 Å². The van der Waals surface area contributed by atoms with E-state index in [9.17, 15) is 10.1 Å². The van der Waals surface area contributed by atoms with Crippen molar-refractivity contribution in [2.24, 2.45) is 0 Å². The van der Waals surface area contributed by atoms with Crippen molar-refractivity contribution >= 4 is 34.0 Å². The Morgan fingerprint density at radius 1 is 1.50 bits per heavy atom. The number of hydrogen-bond donors (Lipinski definition) is 1. The van der Waals surface area contributed by atoms with Crippen molar-refractivity contribution in [3.05, 3.63) is 49.8 Å². The average Bonchev–Trinajstić information content (AvgIpc) is 2.42. The summed E-state index contributed by atoms with van der Waals surface area (Å²) in [5, 5.41) is 19.9. The van der Waals surface area contributed by atoms with Gasteiger partial charge in [0.15, 0.2) is 5.75 Å². The van der Waals surface area contributed by atoms with Gasteiger partial charge in [0, 0.05) is 18.3 Å². The topological polar surface area (TPSA) is 115 Å². The van der Waals surface area contributed by atoms with Crippen LogP contribution in [0, 0.1) is 25.0 Å². The molecular formula is C12H7IN4O3. The molecule has 8 heteroatoms. The second-order valence-electron chi connectivity index (χ2n) is 3.69. The van der Waals surface area contributed by atoms with Crippen LogP contribution in [0.25, 0.3) is 0 Å². The van der Waals surface area contributed by atoms with E-state index in [1.165, 1.54) is 24.5 Å². The number of pyridine rings is 1. The minimum absolute atomic E-state index is 0.0486. The van der Waals surface area contributed by atoms with Gasteiger partial charge >= 0.3 is 5.69 Å². The standard InChI is InChI=1S/C12H7IN4O3/c13-8-3-7(5-14)4-10(17(18)19)12(8)20-11-1-2-16-6-9(11)15/h1-4,6H,15H2. The molecule has 0 saturated heterocycles. The molecule has 0 radical (unpaired) electrons. The fourth-order valence-corrected chi connectivity index (χ4v) is 2.20. The van der Waals surface area contributed by atoms with Gasteiger partial charge in [-0.25, -0.2) is 0 Å². The van der Waals surface area contributed by atoms with Gasteiger partial charge in [-0.3, -0.25) is 15.1 Å². The number of nitrogens with zero attached hydrogens (tertiary/aromatic N) is 3. The molecule has 2 aromatic rings. The number of nitro benzene ring substituents is 1. The monoisotopic (exact) mass is 382 g/mol. The Kier molecular flexibility index (Phi) is 3.99. The van der Waals surface area contributed by atoms with Gasteiger partial charge in [0.2, 0.25) is 5.75 Å². The number of benzene rings is 1. The quantitative estimate of drug-likeness (QED) is 0.496. The minimum Gasteiger partial charge on any atom is -0.447 e. The van der Waals surface area contributed by atoms with Gasteiger partial charge in [-0.15, -0.1) is 0 Å². The summed E-state index contributed by atoms with van der Waals surface area (Å²) in [5.74, 6) is 0.318. The summed E-state index contributed by atoms with van der Waals surface area (Å²) >= 11 is 1.87. The lowest BCUT2D eigenvalue weighted by atomic mass is 10.2. The lowest BCUT2D eigenvalue weighted by Gasteiger charge is -2.10. The van der Waals surface area contributed by atoms with Crippen LogP contribution in [-0.4, -0.2) is 9.91 Å². The Balaban J connectivity index is 2.54. The van der Waals surface area contributed by atoms with Crippen molar-refractivity contribution < 1.29 is 9.66 Å². The van der Waals surface area contributed by atoms with Gasteiger partial charge in [-0.1, -0.05) is 0 Å². The highest BCUT2D eigenvalue weighted by molar-refractivity contribution is 14.1. The van der Waals surface area contributed by atoms with Gasteiger partial charge in [0.25, 0.3) is 0 Å². The summed E-state index contributed by atoms with van der Waals surface area (Å²) < 4.78 is 5.96. The Morgan fingerprint density at radius 2 is 2.25 bits per heavy atom. The molecule has 0 atom stereocenters. The Bertz CT molecular complexity index is 727. The van der Waals surface area contributed by atoms with Crippen molar-refractivity contribution in [1.82, 2.24) is 4.98 Å². The number of nitrogen functional groups attached to an aromatic ring is 1. The molecule has 20 heavy (non-hydrogen) atoms. The number of aromatic nitrogens is 1. The zero-order chi connectivity index (χ0) is 14.7. The summed E-state index contributed by atoms with van der Waals surface area (Å²) in [6, 6.07) is 6.04. The summed E-state index contributed by atoms with van der Waals surface area (Å²) in [6.07, 6.45) is 2.85. The molecule has 1 aromatic heterocycles. The fourth-order valence-electron chi connectivity index (χ4n) is 1.48. The molecule has 0 aliphatic carbocycles. The molecule has 2 N–H and O–H groups in total. The van der Waals surface area contributed by atoms with Crippen LogP contribution >= 0.6 is 22.6 Å². The normalized spacial score (nSPS) is 9.80. The molecule has 7 nitrogen and oxygen atoms in total. The SMILES string of the molecule is N#Cc1cc(I)c(Oc2ccncc2N)c([N+](=O)[O-])c1. The number of ether oxygens (including phenoxy) is 1. The van der Waals surface area contributed by atoms with Crippen molar-refractivity contribution in [2.45, 2.75) is 0 Å². The summed E-state index contributed by atoms with van der Waals surface area (Å²) in [4.78, 5) is 14.3. The first-order valence-electron chi connectivity index (χ1n) is 5.28. The third-order valence-corrected chi connectivity index (χ3v) is 3.17. The highest BCUT2D eigenvalue weighted by atomic mass is 127. The largest absolute Gasteiger partial charge is 0.447 e. The van der Waals surface area contributed by atoms with E-state index in [4.69, 9.17) is 15.7 Å². The third kappa shape index (κ3) is 2.77. The first-order valence-corrected chi connectivity index (χ1v) is 6.36. The van der Waals surface area contributed by atoms with E-state index in [0.717, 1.165) is 6.07 Å². The second-order valence-corrected chi connectivity index (χ2v) is 4.85. The molecule has 0 amide bonds. The predicted molar refractivity (Wildman–Crippen MR) is 79.3 cm³/mol. The lowest BCUT2D eigenvalue weighted by molar-refractivity contribution is -0.385. The van der Waals surface area contributed by atoms with Gasteiger partial charge < -0.3 is 10.5 Å². The van der Waals surface area contributed by atoms with Gasteiger partial charge in [-0.2, -0.15) is 5.26 Å². The number of halogens is 1. The Labute approximate surface area is 127 Å². The molecule has 0 aliphatic heterocycles. The van der Waals surface area contributed by atoms with E-state index in [0.29, 0.717) is 3.57 Å². The van der Waals surface area contributed by atoms with Crippen LogP contribution in [0.3, 0.4) is 0 Å². The number of anilines is 1. The minimum atomic E-state index is -0.601. The summed E-state index contributed by atoms with van der Waals surface area (Å²) in [5.41, 5.74) is 5.86. The van der Waals surface area contributed by atoms with Crippen LogP contribution in [0.2, 0.25) is 0 Å². The molecule has 0 bridgehead atoms. The molecule has 0 saturated carbocycles. The lowest BCUT2D eigenvalue weighted by Crippen LogP contribution is -1.99. The van der Waals surface area contributed by atoms with Gasteiger partial charge in [0.05, 0.1) is 32.0 Å². The zero-order valence-electron chi connectivity index (χ0n) is 9.91. The van der Waals surface area contributed by atoms with E-state index in [2.05, 4.69) is 4.98 Å². The van der Waals surface area contributed by atoms with Crippen LogP contribution in [0.1, 0.15) is 5.56 Å². The molecule has 1 heterocycles. The summed E-state index contributed by atoms with van der Waals surface area (Å²) in [7, 11) is 0. The van der Waals surface area contributed by atoms with Crippen molar-refractivity contribution in [1.29, 1.82) is 5.26 Å². The van der Waals surface area contributed by atoms with Gasteiger partial charge in [0.1, 0.15) is 0 Å². The predicted octanol–water partition coefficient (Wildman–Crippen LogP) is 2.84. The molecule has 0 spiro atoms. The fraction of sp³-hybridized carbons (Fsp3) is 0. The van der Waals surface area contributed by atoms with E-state index in [-0.39, 0.29) is 28.4 Å². The van der Waals surface area contributed by atoms with Crippen LogP contribution in [-0.2, 0) is 0 Å². The molecular weight excluding hydrogens is 375 g/mol. The first-order chi connectivity index (χ1) is 9.52. The number of nitriles is 1. The smallest absolute Gasteiger partial charge is 0.314 e. The zero-order valence-corrected chi connectivity index (χ0v) is 12.1. The first kappa shape index (κ1) is 14.0. The number of rotatable bonds is 3. The molecule has 0 unspecified atom stereocenters. The van der Waals surface area contributed by atoms with E-state index < -0.39 is 4.92 Å². The maximum Gasteiger partial charge on any atom is 0.314 e. The summed E-state index contributed by atoms with van der Waals surface area (Å²) in [6.45, 7) is 0. The van der Waals surface area contributed by atoms with Crippen molar-refractivity contribution in [2.75, 3.05) is 5.73 Å². The van der Waals surface area contributed by atoms with Gasteiger partial charge in [-0.05, 0) is 28.7 Å².